The Morgan fingerprint density at radius 3 is 1.85 bits per heavy atom. The molecule has 26 heavy (non-hydrogen) atoms. The van der Waals surface area contributed by atoms with Gasteiger partial charge in [0.15, 0.2) is 8.32 Å². The van der Waals surface area contributed by atoms with Gasteiger partial charge in [-0.2, -0.15) is 0 Å². The van der Waals surface area contributed by atoms with Gasteiger partial charge in [-0.1, -0.05) is 93.8 Å². The van der Waals surface area contributed by atoms with Gasteiger partial charge in [-0.25, -0.2) is 0 Å². The zero-order chi connectivity index (χ0) is 18.9. The molecule has 0 spiro atoms. The summed E-state index contributed by atoms with van der Waals surface area (Å²) in [5, 5.41) is 0. The maximum Gasteiger partial charge on any atom is 0.186 e. The van der Waals surface area contributed by atoms with Crippen LogP contribution < -0.4 is 0 Å². The lowest BCUT2D eigenvalue weighted by atomic mass is 9.73. The van der Waals surface area contributed by atoms with Crippen LogP contribution in [0.25, 0.3) is 0 Å². The van der Waals surface area contributed by atoms with Gasteiger partial charge in [0.2, 0.25) is 0 Å². The Kier molecular flexibility index (Phi) is 8.11. The molecule has 0 heterocycles. The molecule has 0 aliphatic carbocycles. The van der Waals surface area contributed by atoms with Crippen LogP contribution >= 0.6 is 0 Å². The van der Waals surface area contributed by atoms with E-state index < -0.39 is 8.32 Å². The van der Waals surface area contributed by atoms with Crippen molar-refractivity contribution in [2.75, 3.05) is 6.61 Å². The highest BCUT2D eigenvalue weighted by molar-refractivity contribution is 6.71. The molecule has 0 bridgehead atoms. The summed E-state index contributed by atoms with van der Waals surface area (Å²) in [6.45, 7) is 10.3. The molecule has 2 heteroatoms. The fourth-order valence-corrected chi connectivity index (χ4v) is 5.60. The molecule has 0 N–H and O–H groups in total. The first-order valence-electron chi connectivity index (χ1n) is 10.2. The minimum atomic E-state index is -1.50. The Bertz CT molecular complexity index is 582. The van der Waals surface area contributed by atoms with Crippen LogP contribution in [0.15, 0.2) is 60.7 Å². The highest BCUT2D eigenvalue weighted by atomic mass is 28.4. The van der Waals surface area contributed by atoms with Crippen LogP contribution in [0.2, 0.25) is 19.1 Å². The number of benzene rings is 2. The first-order valence-corrected chi connectivity index (χ1v) is 13.3. The summed E-state index contributed by atoms with van der Waals surface area (Å²) >= 11 is 0. The highest BCUT2D eigenvalue weighted by Gasteiger charge is 2.29. The summed E-state index contributed by atoms with van der Waals surface area (Å²) in [6, 6.07) is 23.2. The van der Waals surface area contributed by atoms with Gasteiger partial charge in [0.25, 0.3) is 0 Å². The van der Waals surface area contributed by atoms with E-state index in [1.807, 2.05) is 0 Å². The second-order valence-corrected chi connectivity index (χ2v) is 12.5. The summed E-state index contributed by atoms with van der Waals surface area (Å²) in [4.78, 5) is 0. The second-order valence-electron chi connectivity index (χ2n) is 8.23. The molecule has 0 radical (unpaired) electrons. The largest absolute Gasteiger partial charge is 0.417 e. The quantitative estimate of drug-likeness (QED) is 0.301. The summed E-state index contributed by atoms with van der Waals surface area (Å²) in [6.07, 6.45) is 6.10. The van der Waals surface area contributed by atoms with Crippen molar-refractivity contribution < 1.29 is 4.43 Å². The van der Waals surface area contributed by atoms with E-state index in [9.17, 15) is 0 Å². The van der Waals surface area contributed by atoms with Crippen LogP contribution in [0.1, 0.15) is 57.1 Å². The van der Waals surface area contributed by atoms with Crippen LogP contribution in [0.5, 0.6) is 0 Å². The first kappa shape index (κ1) is 20.9. The van der Waals surface area contributed by atoms with Crippen molar-refractivity contribution in [3.63, 3.8) is 0 Å². The van der Waals surface area contributed by atoms with Crippen LogP contribution in [-0.4, -0.2) is 14.9 Å². The molecule has 0 aliphatic rings. The number of hydrogen-bond donors (Lipinski definition) is 0. The Balaban J connectivity index is 1.99. The van der Waals surface area contributed by atoms with E-state index in [-0.39, 0.29) is 5.41 Å². The van der Waals surface area contributed by atoms with E-state index in [0.717, 1.165) is 6.61 Å². The van der Waals surface area contributed by atoms with E-state index in [4.69, 9.17) is 4.43 Å². The van der Waals surface area contributed by atoms with Gasteiger partial charge in [-0.15, -0.1) is 0 Å². The Hall–Kier alpha value is -1.38. The molecule has 0 aliphatic heterocycles. The van der Waals surface area contributed by atoms with Crippen LogP contribution in [-0.2, 0) is 9.84 Å². The Labute approximate surface area is 161 Å². The van der Waals surface area contributed by atoms with Gasteiger partial charge < -0.3 is 4.43 Å². The predicted molar refractivity (Wildman–Crippen MR) is 116 cm³/mol. The fraction of sp³-hybridized carbons (Fsp3) is 0.500. The molecule has 2 aromatic rings. The minimum Gasteiger partial charge on any atom is -0.417 e. The van der Waals surface area contributed by atoms with Crippen LogP contribution in [0.3, 0.4) is 0 Å². The van der Waals surface area contributed by atoms with Gasteiger partial charge in [0, 0.05) is 12.0 Å². The van der Waals surface area contributed by atoms with E-state index in [2.05, 4.69) is 87.6 Å². The van der Waals surface area contributed by atoms with E-state index in [1.54, 1.807) is 0 Å². The van der Waals surface area contributed by atoms with Gasteiger partial charge >= 0.3 is 0 Å². The highest BCUT2D eigenvalue weighted by Crippen LogP contribution is 2.37. The topological polar surface area (TPSA) is 9.23 Å². The molecule has 2 aromatic carbocycles. The maximum absolute atomic E-state index is 6.21. The lowest BCUT2D eigenvalue weighted by Gasteiger charge is -2.32. The van der Waals surface area contributed by atoms with Gasteiger partial charge in [-0.3, -0.25) is 0 Å². The Morgan fingerprint density at radius 2 is 1.35 bits per heavy atom. The molecule has 142 valence electrons. The summed E-state index contributed by atoms with van der Waals surface area (Å²) in [5.41, 5.74) is 2.92. The zero-order valence-electron chi connectivity index (χ0n) is 17.1. The van der Waals surface area contributed by atoms with Gasteiger partial charge in [-0.05, 0) is 43.1 Å². The average molecular weight is 369 g/mol. The lowest BCUT2D eigenvalue weighted by molar-refractivity contribution is 0.297. The molecule has 0 atom stereocenters. The molecule has 0 saturated carbocycles. The van der Waals surface area contributed by atoms with Crippen molar-refractivity contribution in [1.29, 1.82) is 0 Å². The molecule has 0 aromatic heterocycles. The van der Waals surface area contributed by atoms with Crippen molar-refractivity contribution >= 4 is 8.32 Å². The van der Waals surface area contributed by atoms with Crippen molar-refractivity contribution in [3.05, 3.63) is 71.8 Å². The molecule has 0 amide bonds. The van der Waals surface area contributed by atoms with Crippen LogP contribution in [0, 0.1) is 0 Å². The number of rotatable bonds is 11. The molecule has 1 nitrogen and oxygen atoms in total. The van der Waals surface area contributed by atoms with Crippen molar-refractivity contribution in [1.82, 2.24) is 0 Å². The van der Waals surface area contributed by atoms with Gasteiger partial charge in [0.1, 0.15) is 0 Å². The molecular weight excluding hydrogens is 332 g/mol. The fourth-order valence-electron chi connectivity index (χ4n) is 3.66. The third-order valence-corrected chi connectivity index (χ3v) is 8.06. The van der Waals surface area contributed by atoms with Crippen molar-refractivity contribution in [2.45, 2.75) is 70.5 Å². The molecule has 0 unspecified atom stereocenters. The second kappa shape index (κ2) is 10.1. The summed E-state index contributed by atoms with van der Waals surface area (Å²) in [7, 11) is -1.50. The molecular formula is C24H36OSi. The lowest BCUT2D eigenvalue weighted by Crippen LogP contribution is -2.31. The maximum atomic E-state index is 6.21. The summed E-state index contributed by atoms with van der Waals surface area (Å²) in [5.74, 6) is 0. The monoisotopic (exact) mass is 368 g/mol. The normalized spacial score (nSPS) is 12.3. The third kappa shape index (κ3) is 6.10. The van der Waals surface area contributed by atoms with E-state index in [0.29, 0.717) is 0 Å². The molecule has 2 rings (SSSR count). The average Bonchev–Trinajstić information content (AvgIpc) is 2.66. The molecule has 0 fully saturated rings. The van der Waals surface area contributed by atoms with Crippen LogP contribution in [0.4, 0.5) is 0 Å². The third-order valence-electron chi connectivity index (χ3n) is 5.52. The number of hydrogen-bond acceptors (Lipinski definition) is 1. The van der Waals surface area contributed by atoms with Gasteiger partial charge in [0.05, 0.1) is 0 Å². The summed E-state index contributed by atoms with van der Waals surface area (Å²) < 4.78 is 6.21. The van der Waals surface area contributed by atoms with Crippen molar-refractivity contribution in [2.24, 2.45) is 0 Å². The zero-order valence-corrected chi connectivity index (χ0v) is 18.1. The smallest absolute Gasteiger partial charge is 0.186 e. The Morgan fingerprint density at radius 1 is 0.808 bits per heavy atom. The SMILES string of the molecule is CCCCO[Si](C)(C)CCCCC(C)(c1ccccc1)c1ccccc1. The van der Waals surface area contributed by atoms with Crippen molar-refractivity contribution in [3.8, 4) is 0 Å². The standard InChI is InChI=1S/C24H36OSi/c1-5-6-20-25-26(3,4)21-14-13-19-24(2,22-15-9-7-10-16-22)23-17-11-8-12-18-23/h7-12,15-18H,5-6,13-14,19-21H2,1-4H3. The predicted octanol–water partition coefficient (Wildman–Crippen LogP) is 7.18. The number of unbranched alkanes of at least 4 members (excludes halogenated alkanes) is 2. The first-order chi connectivity index (χ1) is 12.5. The molecule has 0 saturated heterocycles. The van der Waals surface area contributed by atoms with E-state index in [1.165, 1.54) is 49.3 Å². The van der Waals surface area contributed by atoms with E-state index >= 15 is 0 Å². The minimum absolute atomic E-state index is 0.0806.